The predicted octanol–water partition coefficient (Wildman–Crippen LogP) is 3.11. The third-order valence-electron chi connectivity index (χ3n) is 3.55. The summed E-state index contributed by atoms with van der Waals surface area (Å²) < 4.78 is 1.72. The molecule has 1 aromatic heterocycles. The lowest BCUT2D eigenvalue weighted by Gasteiger charge is -2.14. The largest absolute Gasteiger partial charge is 0.325 e. The molecule has 0 fully saturated rings. The lowest BCUT2D eigenvalue weighted by atomic mass is 10.0. The Balaban J connectivity index is 2.04. The molecule has 23 heavy (non-hydrogen) atoms. The van der Waals surface area contributed by atoms with Crippen molar-refractivity contribution in [2.75, 3.05) is 11.1 Å². The average molecular weight is 333 g/mol. The summed E-state index contributed by atoms with van der Waals surface area (Å²) in [7, 11) is 0. The minimum atomic E-state index is -0.0380. The van der Waals surface area contributed by atoms with E-state index in [-0.39, 0.29) is 17.7 Å². The summed E-state index contributed by atoms with van der Waals surface area (Å²) in [6, 6.07) is 6.32. The van der Waals surface area contributed by atoms with E-state index in [0.29, 0.717) is 5.16 Å². The van der Waals surface area contributed by atoms with Crippen molar-refractivity contribution in [3.8, 4) is 0 Å². The van der Waals surface area contributed by atoms with Crippen molar-refractivity contribution in [1.82, 2.24) is 20.2 Å². The molecule has 0 atom stereocenters. The van der Waals surface area contributed by atoms with Gasteiger partial charge in [-0.3, -0.25) is 4.79 Å². The lowest BCUT2D eigenvalue weighted by Crippen LogP contribution is -2.17. The smallest absolute Gasteiger partial charge is 0.234 e. The fourth-order valence-corrected chi connectivity index (χ4v) is 3.12. The monoisotopic (exact) mass is 333 g/mol. The predicted molar refractivity (Wildman–Crippen MR) is 92.8 cm³/mol. The standard InChI is InChI=1S/C16H23N5OS/c1-5-12-8-7-9-13(6-2)15(12)17-14(22)10-23-16-18-19-20-21(16)11(3)4/h7-9,11H,5-6,10H2,1-4H3,(H,17,22). The number of nitrogens with one attached hydrogen (secondary N) is 1. The van der Waals surface area contributed by atoms with Crippen LogP contribution in [0.2, 0.25) is 0 Å². The van der Waals surface area contributed by atoms with E-state index in [4.69, 9.17) is 0 Å². The lowest BCUT2D eigenvalue weighted by molar-refractivity contribution is -0.113. The van der Waals surface area contributed by atoms with E-state index in [1.807, 2.05) is 19.9 Å². The van der Waals surface area contributed by atoms with E-state index < -0.39 is 0 Å². The summed E-state index contributed by atoms with van der Waals surface area (Å²) in [4.78, 5) is 12.3. The number of hydrogen-bond acceptors (Lipinski definition) is 5. The number of amides is 1. The van der Waals surface area contributed by atoms with Crippen LogP contribution in [0.5, 0.6) is 0 Å². The molecule has 7 heteroatoms. The van der Waals surface area contributed by atoms with E-state index in [1.165, 1.54) is 11.8 Å². The number of aryl methyl sites for hydroxylation is 2. The number of benzene rings is 1. The van der Waals surface area contributed by atoms with Gasteiger partial charge in [-0.1, -0.05) is 43.8 Å². The summed E-state index contributed by atoms with van der Waals surface area (Å²) in [5.41, 5.74) is 3.27. The molecule has 0 unspecified atom stereocenters. The molecule has 2 aromatic rings. The number of rotatable bonds is 7. The van der Waals surface area contributed by atoms with Crippen molar-refractivity contribution in [2.24, 2.45) is 0 Å². The van der Waals surface area contributed by atoms with E-state index >= 15 is 0 Å². The quantitative estimate of drug-likeness (QED) is 0.788. The molecule has 0 bridgehead atoms. The Labute approximate surface area is 141 Å². The third kappa shape index (κ3) is 4.31. The number of para-hydroxylation sites is 1. The van der Waals surface area contributed by atoms with Gasteiger partial charge in [0.05, 0.1) is 11.8 Å². The van der Waals surface area contributed by atoms with Crippen molar-refractivity contribution < 1.29 is 4.79 Å². The molecule has 0 saturated carbocycles. The van der Waals surface area contributed by atoms with Gasteiger partial charge < -0.3 is 5.32 Å². The van der Waals surface area contributed by atoms with Crippen LogP contribution in [0.25, 0.3) is 0 Å². The molecule has 0 radical (unpaired) electrons. The molecule has 1 amide bonds. The van der Waals surface area contributed by atoms with Gasteiger partial charge in [0.2, 0.25) is 11.1 Å². The van der Waals surface area contributed by atoms with Crippen LogP contribution in [-0.2, 0) is 17.6 Å². The van der Waals surface area contributed by atoms with Crippen molar-refractivity contribution in [3.05, 3.63) is 29.3 Å². The highest BCUT2D eigenvalue weighted by molar-refractivity contribution is 7.99. The first kappa shape index (κ1) is 17.5. The zero-order valence-corrected chi connectivity index (χ0v) is 14.9. The second kappa shape index (κ2) is 8.10. The number of anilines is 1. The summed E-state index contributed by atoms with van der Waals surface area (Å²) >= 11 is 1.35. The SMILES string of the molecule is CCc1cccc(CC)c1NC(=O)CSc1nnnn1C(C)C. The van der Waals surface area contributed by atoms with E-state index in [1.54, 1.807) is 4.68 Å². The maximum atomic E-state index is 12.3. The van der Waals surface area contributed by atoms with Crippen molar-refractivity contribution in [2.45, 2.75) is 51.7 Å². The van der Waals surface area contributed by atoms with E-state index in [0.717, 1.165) is 29.7 Å². The first-order valence-corrected chi connectivity index (χ1v) is 8.86. The average Bonchev–Trinajstić information content (AvgIpc) is 3.02. The first-order chi connectivity index (χ1) is 11.1. The number of hydrogen-bond donors (Lipinski definition) is 1. The van der Waals surface area contributed by atoms with Gasteiger partial charge in [-0.25, -0.2) is 4.68 Å². The molecule has 0 aliphatic carbocycles. The molecule has 0 spiro atoms. The van der Waals surface area contributed by atoms with Crippen LogP contribution < -0.4 is 5.32 Å². The molecule has 124 valence electrons. The number of carbonyl (C=O) groups excluding carboxylic acids is 1. The molecule has 1 aromatic carbocycles. The molecule has 1 N–H and O–H groups in total. The first-order valence-electron chi connectivity index (χ1n) is 7.88. The van der Waals surface area contributed by atoms with Crippen molar-refractivity contribution in [3.63, 3.8) is 0 Å². The summed E-state index contributed by atoms with van der Waals surface area (Å²) in [6.45, 7) is 8.20. The highest BCUT2D eigenvalue weighted by Crippen LogP contribution is 2.23. The van der Waals surface area contributed by atoms with Crippen molar-refractivity contribution in [1.29, 1.82) is 0 Å². The van der Waals surface area contributed by atoms with Gasteiger partial charge in [0, 0.05) is 5.69 Å². The van der Waals surface area contributed by atoms with Crippen LogP contribution in [0.1, 0.15) is 44.9 Å². The molecular weight excluding hydrogens is 310 g/mol. The normalized spacial score (nSPS) is 11.0. The Morgan fingerprint density at radius 3 is 2.48 bits per heavy atom. The maximum Gasteiger partial charge on any atom is 0.234 e. The Morgan fingerprint density at radius 1 is 1.26 bits per heavy atom. The topological polar surface area (TPSA) is 72.7 Å². The van der Waals surface area contributed by atoms with E-state index in [2.05, 4.69) is 46.8 Å². The number of nitrogens with zero attached hydrogens (tertiary/aromatic N) is 4. The highest BCUT2D eigenvalue weighted by atomic mass is 32.2. The van der Waals surface area contributed by atoms with Crippen LogP contribution in [0.3, 0.4) is 0 Å². The third-order valence-corrected chi connectivity index (χ3v) is 4.48. The Hall–Kier alpha value is -1.89. The van der Waals surface area contributed by atoms with Gasteiger partial charge in [-0.15, -0.1) is 5.10 Å². The highest BCUT2D eigenvalue weighted by Gasteiger charge is 2.14. The van der Waals surface area contributed by atoms with Gasteiger partial charge >= 0.3 is 0 Å². The van der Waals surface area contributed by atoms with Gasteiger partial charge in [0.25, 0.3) is 0 Å². The van der Waals surface area contributed by atoms with Gasteiger partial charge in [-0.2, -0.15) is 0 Å². The number of carbonyl (C=O) groups is 1. The molecular formula is C16H23N5OS. The Kier molecular flexibility index (Phi) is 6.15. The molecule has 2 rings (SSSR count). The Bertz CT molecular complexity index is 646. The van der Waals surface area contributed by atoms with Gasteiger partial charge in [0.1, 0.15) is 0 Å². The summed E-state index contributed by atoms with van der Waals surface area (Å²) in [5.74, 6) is 0.248. The summed E-state index contributed by atoms with van der Waals surface area (Å²) in [5, 5.41) is 15.3. The van der Waals surface area contributed by atoms with Crippen LogP contribution in [0, 0.1) is 0 Å². The molecule has 6 nitrogen and oxygen atoms in total. The van der Waals surface area contributed by atoms with Gasteiger partial charge in [-0.05, 0) is 48.2 Å². The molecule has 0 aliphatic rings. The number of thioether (sulfide) groups is 1. The van der Waals surface area contributed by atoms with Crippen LogP contribution >= 0.6 is 11.8 Å². The zero-order valence-electron chi connectivity index (χ0n) is 14.0. The van der Waals surface area contributed by atoms with Crippen LogP contribution in [0.4, 0.5) is 5.69 Å². The Morgan fingerprint density at radius 2 is 1.91 bits per heavy atom. The number of aromatic nitrogens is 4. The second-order valence-corrected chi connectivity index (χ2v) is 6.44. The fourth-order valence-electron chi connectivity index (χ4n) is 2.31. The molecule has 0 aliphatic heterocycles. The molecule has 0 saturated heterocycles. The summed E-state index contributed by atoms with van der Waals surface area (Å²) in [6.07, 6.45) is 1.78. The van der Waals surface area contributed by atoms with E-state index in [9.17, 15) is 4.79 Å². The minimum absolute atomic E-state index is 0.0380. The number of tetrazole rings is 1. The minimum Gasteiger partial charge on any atom is -0.325 e. The maximum absolute atomic E-state index is 12.3. The second-order valence-electron chi connectivity index (χ2n) is 5.49. The fraction of sp³-hybridized carbons (Fsp3) is 0.500. The zero-order chi connectivity index (χ0) is 16.8. The van der Waals surface area contributed by atoms with Crippen LogP contribution in [0.15, 0.2) is 23.4 Å². The van der Waals surface area contributed by atoms with Crippen molar-refractivity contribution >= 4 is 23.4 Å². The molecule has 1 heterocycles. The van der Waals surface area contributed by atoms with Crippen LogP contribution in [-0.4, -0.2) is 31.9 Å². The van der Waals surface area contributed by atoms with Gasteiger partial charge in [0.15, 0.2) is 0 Å².